The molecule has 0 spiro atoms. The van der Waals surface area contributed by atoms with Crippen LogP contribution in [0, 0.1) is 5.92 Å². The first kappa shape index (κ1) is 7.85. The number of primary amides is 1. The van der Waals surface area contributed by atoms with Crippen molar-refractivity contribution in [2.75, 3.05) is 0 Å². The van der Waals surface area contributed by atoms with Gasteiger partial charge in [0, 0.05) is 11.5 Å². The van der Waals surface area contributed by atoms with Gasteiger partial charge in [0.25, 0.3) is 0 Å². The van der Waals surface area contributed by atoms with Crippen LogP contribution < -0.4 is 5.73 Å². The van der Waals surface area contributed by atoms with Crippen LogP contribution in [0.3, 0.4) is 0 Å². The van der Waals surface area contributed by atoms with E-state index in [-0.39, 0.29) is 5.92 Å². The molecule has 0 fully saturated rings. The zero-order chi connectivity index (χ0) is 9.42. The molecule has 2 aliphatic rings. The Bertz CT molecular complexity index is 389. The molecule has 1 atom stereocenters. The third-order valence-corrected chi connectivity index (χ3v) is 2.15. The number of allylic oxidation sites excluding steroid dienone is 3. The summed E-state index contributed by atoms with van der Waals surface area (Å²) in [5.74, 6) is -0.523. The summed E-state index contributed by atoms with van der Waals surface area (Å²) < 4.78 is 0. The van der Waals surface area contributed by atoms with E-state index in [0.29, 0.717) is 5.57 Å². The van der Waals surface area contributed by atoms with Crippen LogP contribution in [-0.2, 0) is 4.79 Å². The lowest BCUT2D eigenvalue weighted by Crippen LogP contribution is -2.26. The quantitative estimate of drug-likeness (QED) is 0.628. The van der Waals surface area contributed by atoms with Crippen LogP contribution in [0.2, 0.25) is 0 Å². The van der Waals surface area contributed by atoms with Crippen molar-refractivity contribution in [3.05, 3.63) is 23.4 Å². The van der Waals surface area contributed by atoms with Gasteiger partial charge >= 0.3 is 0 Å². The predicted molar refractivity (Wildman–Crippen MR) is 46.8 cm³/mol. The summed E-state index contributed by atoms with van der Waals surface area (Å²) in [6, 6.07) is 0. The first-order valence-corrected chi connectivity index (χ1v) is 3.91. The highest BCUT2D eigenvalue weighted by molar-refractivity contribution is 6.10. The Morgan fingerprint density at radius 3 is 3.00 bits per heavy atom. The highest BCUT2D eigenvalue weighted by Gasteiger charge is 2.27. The van der Waals surface area contributed by atoms with E-state index in [1.54, 1.807) is 12.2 Å². The third kappa shape index (κ3) is 1.09. The maximum atomic E-state index is 11.0. The molecule has 0 radical (unpaired) electrons. The topological polar surface area (TPSA) is 80.2 Å². The van der Waals surface area contributed by atoms with Crippen molar-refractivity contribution in [2.24, 2.45) is 27.1 Å². The van der Waals surface area contributed by atoms with Gasteiger partial charge in [-0.05, 0) is 11.3 Å². The van der Waals surface area contributed by atoms with Crippen molar-refractivity contribution in [2.45, 2.75) is 6.92 Å². The molecule has 0 aromatic rings. The summed E-state index contributed by atoms with van der Waals surface area (Å²) in [6.45, 7) is 1.86. The normalized spacial score (nSPS) is 24.7. The average Bonchev–Trinajstić information content (AvgIpc) is 2.52. The summed E-state index contributed by atoms with van der Waals surface area (Å²) in [7, 11) is 0. The smallest absolute Gasteiger partial charge is 0.245 e. The maximum Gasteiger partial charge on any atom is 0.245 e. The van der Waals surface area contributed by atoms with E-state index in [0.717, 1.165) is 11.4 Å². The van der Waals surface area contributed by atoms with Gasteiger partial charge < -0.3 is 5.73 Å². The molecule has 5 nitrogen and oxygen atoms in total. The number of nitrogens with zero attached hydrogens (tertiary/aromatic N) is 3. The van der Waals surface area contributed by atoms with Crippen LogP contribution >= 0.6 is 0 Å². The highest BCUT2D eigenvalue weighted by atomic mass is 16.1. The molecule has 0 saturated heterocycles. The second kappa shape index (κ2) is 2.62. The fraction of sp³-hybridized carbons (Fsp3) is 0.250. The predicted octanol–water partition coefficient (Wildman–Crippen LogP) is 0.754. The molecule has 5 heteroatoms. The van der Waals surface area contributed by atoms with Crippen molar-refractivity contribution < 1.29 is 4.79 Å². The second-order valence-corrected chi connectivity index (χ2v) is 2.93. The van der Waals surface area contributed by atoms with Crippen molar-refractivity contribution in [1.29, 1.82) is 0 Å². The summed E-state index contributed by atoms with van der Waals surface area (Å²) in [5, 5.41) is 11.1. The monoisotopic (exact) mass is 176 g/mol. The Hall–Kier alpha value is -1.78. The van der Waals surface area contributed by atoms with Gasteiger partial charge in [-0.3, -0.25) is 4.79 Å². The fourth-order valence-corrected chi connectivity index (χ4v) is 1.40. The largest absolute Gasteiger partial charge is 0.366 e. The number of rotatable bonds is 1. The zero-order valence-electron chi connectivity index (χ0n) is 7.06. The molecule has 66 valence electrons. The first-order chi connectivity index (χ1) is 6.20. The molecule has 13 heavy (non-hydrogen) atoms. The molecule has 0 aromatic heterocycles. The molecule has 0 bridgehead atoms. The second-order valence-electron chi connectivity index (χ2n) is 2.93. The van der Waals surface area contributed by atoms with Crippen molar-refractivity contribution in [3.63, 3.8) is 0 Å². The summed E-state index contributed by atoms with van der Waals surface area (Å²) >= 11 is 0. The van der Waals surface area contributed by atoms with E-state index in [1.807, 2.05) is 6.92 Å². The Morgan fingerprint density at radius 1 is 1.54 bits per heavy atom. The third-order valence-electron chi connectivity index (χ3n) is 2.15. The summed E-state index contributed by atoms with van der Waals surface area (Å²) in [6.07, 6.45) is 3.38. The Labute approximate surface area is 74.7 Å². The minimum Gasteiger partial charge on any atom is -0.366 e. The number of hydrogen-bond donors (Lipinski definition) is 1. The molecule has 1 aliphatic heterocycles. The van der Waals surface area contributed by atoms with Crippen molar-refractivity contribution in [3.8, 4) is 0 Å². The highest BCUT2D eigenvalue weighted by Crippen LogP contribution is 2.26. The van der Waals surface area contributed by atoms with E-state index < -0.39 is 5.91 Å². The van der Waals surface area contributed by atoms with Crippen LogP contribution in [0.15, 0.2) is 38.9 Å². The SMILES string of the molecule is CC1C(C(N)=O)=CC=C2N=NN=C21. The molecular weight excluding hydrogens is 168 g/mol. The number of hydrogen-bond acceptors (Lipinski definition) is 4. The van der Waals surface area contributed by atoms with Gasteiger partial charge in [0.2, 0.25) is 5.91 Å². The lowest BCUT2D eigenvalue weighted by molar-refractivity contribution is -0.114. The van der Waals surface area contributed by atoms with Crippen molar-refractivity contribution in [1.82, 2.24) is 0 Å². The van der Waals surface area contributed by atoms with Gasteiger partial charge in [-0.1, -0.05) is 13.0 Å². The number of carbonyl (C=O) groups excluding carboxylic acids is 1. The van der Waals surface area contributed by atoms with E-state index in [2.05, 4.69) is 15.4 Å². The zero-order valence-corrected chi connectivity index (χ0v) is 7.06. The van der Waals surface area contributed by atoms with E-state index >= 15 is 0 Å². The molecular formula is C8H8N4O. The van der Waals surface area contributed by atoms with Crippen LogP contribution in [0.5, 0.6) is 0 Å². The molecule has 1 aliphatic carbocycles. The molecule has 2 rings (SSSR count). The maximum absolute atomic E-state index is 11.0. The van der Waals surface area contributed by atoms with Gasteiger partial charge in [-0.2, -0.15) is 0 Å². The molecule has 0 saturated carbocycles. The Kier molecular flexibility index (Phi) is 1.58. The molecule has 0 aromatic carbocycles. The molecule has 1 amide bonds. The fourth-order valence-electron chi connectivity index (χ4n) is 1.40. The van der Waals surface area contributed by atoms with E-state index in [4.69, 9.17) is 5.73 Å². The standard InChI is InChI=1S/C8H8N4O/c1-4-5(8(9)13)2-3-6-7(4)11-12-10-6/h2-4H,1H3,(H2,9,13). The minimum absolute atomic E-state index is 0.104. The van der Waals surface area contributed by atoms with Gasteiger partial charge in [-0.25, -0.2) is 0 Å². The lowest BCUT2D eigenvalue weighted by atomic mass is 9.89. The average molecular weight is 176 g/mol. The van der Waals surface area contributed by atoms with Crippen molar-refractivity contribution >= 4 is 11.6 Å². The Balaban J connectivity index is 2.43. The first-order valence-electron chi connectivity index (χ1n) is 3.91. The lowest BCUT2D eigenvalue weighted by Gasteiger charge is -2.15. The number of amides is 1. The Morgan fingerprint density at radius 2 is 2.31 bits per heavy atom. The summed E-state index contributed by atoms with van der Waals surface area (Å²) in [5.41, 5.74) is 7.18. The van der Waals surface area contributed by atoms with Gasteiger partial charge in [0.15, 0.2) is 0 Å². The molecule has 2 N–H and O–H groups in total. The minimum atomic E-state index is -0.419. The van der Waals surface area contributed by atoms with Crippen LogP contribution in [0.25, 0.3) is 0 Å². The van der Waals surface area contributed by atoms with Crippen LogP contribution in [0.4, 0.5) is 0 Å². The molecule has 1 heterocycles. The van der Waals surface area contributed by atoms with E-state index in [1.165, 1.54) is 0 Å². The summed E-state index contributed by atoms with van der Waals surface area (Å²) in [4.78, 5) is 11.0. The number of fused-ring (bicyclic) bond motifs is 1. The van der Waals surface area contributed by atoms with Gasteiger partial charge in [-0.15, -0.1) is 10.2 Å². The van der Waals surface area contributed by atoms with Gasteiger partial charge in [0.05, 0.1) is 5.71 Å². The van der Waals surface area contributed by atoms with Crippen LogP contribution in [0.1, 0.15) is 6.92 Å². The number of nitrogens with two attached hydrogens (primary N) is 1. The van der Waals surface area contributed by atoms with Crippen LogP contribution in [-0.4, -0.2) is 11.6 Å². The number of carbonyl (C=O) groups is 1. The van der Waals surface area contributed by atoms with Gasteiger partial charge in [0.1, 0.15) is 5.70 Å². The molecule has 1 unspecified atom stereocenters. The van der Waals surface area contributed by atoms with E-state index in [9.17, 15) is 4.79 Å².